The van der Waals surface area contributed by atoms with E-state index in [1.54, 1.807) is 7.11 Å². The summed E-state index contributed by atoms with van der Waals surface area (Å²) in [5, 5.41) is 12.3. The van der Waals surface area contributed by atoms with Gasteiger partial charge in [0, 0.05) is 38.2 Å². The Morgan fingerprint density at radius 3 is 2.87 bits per heavy atom. The molecule has 0 aliphatic carbocycles. The van der Waals surface area contributed by atoms with Crippen LogP contribution in [0.4, 0.5) is 9.93 Å². The molecule has 2 amide bonds. The lowest BCUT2D eigenvalue weighted by Crippen LogP contribution is -2.36. The molecule has 8 heteroatoms. The van der Waals surface area contributed by atoms with Crippen molar-refractivity contribution in [1.82, 2.24) is 14.3 Å². The normalized spacial score (nSPS) is 10.5. The number of benzene rings is 1. The van der Waals surface area contributed by atoms with Crippen LogP contribution in [-0.2, 0) is 17.7 Å². The Kier molecular flexibility index (Phi) is 6.92. The van der Waals surface area contributed by atoms with Crippen LogP contribution in [-0.4, -0.2) is 52.3 Å². The molecule has 1 aromatic heterocycles. The van der Waals surface area contributed by atoms with Gasteiger partial charge >= 0.3 is 6.03 Å². The first-order valence-electron chi connectivity index (χ1n) is 7.25. The second kappa shape index (κ2) is 9.19. The van der Waals surface area contributed by atoms with E-state index >= 15 is 0 Å². The number of aliphatic hydroxyl groups is 1. The highest BCUT2D eigenvalue weighted by Crippen LogP contribution is 2.13. The van der Waals surface area contributed by atoms with Gasteiger partial charge in [0.05, 0.1) is 13.2 Å². The summed E-state index contributed by atoms with van der Waals surface area (Å²) in [4.78, 5) is 18.1. The molecule has 0 fully saturated rings. The Hall–Kier alpha value is -2.03. The highest BCUT2D eigenvalue weighted by atomic mass is 32.1. The van der Waals surface area contributed by atoms with Crippen molar-refractivity contribution in [3.8, 4) is 0 Å². The first-order valence-corrected chi connectivity index (χ1v) is 8.02. The molecule has 0 bridgehead atoms. The third-order valence-corrected chi connectivity index (χ3v) is 3.75. The molecule has 0 unspecified atom stereocenters. The highest BCUT2D eigenvalue weighted by Gasteiger charge is 2.15. The van der Waals surface area contributed by atoms with E-state index < -0.39 is 0 Å². The van der Waals surface area contributed by atoms with Crippen molar-refractivity contribution in [2.24, 2.45) is 0 Å². The Labute approximate surface area is 139 Å². The maximum Gasteiger partial charge on any atom is 0.324 e. The second-order valence-corrected chi connectivity index (χ2v) is 5.57. The minimum Gasteiger partial charge on any atom is -0.395 e. The topological polar surface area (TPSA) is 87.6 Å². The summed E-state index contributed by atoms with van der Waals surface area (Å²) >= 11 is 1.13. The van der Waals surface area contributed by atoms with Crippen LogP contribution in [0.1, 0.15) is 11.4 Å². The minimum absolute atomic E-state index is 0.102. The second-order valence-electron chi connectivity index (χ2n) is 4.82. The number of anilines is 1. The van der Waals surface area contributed by atoms with Crippen molar-refractivity contribution in [1.29, 1.82) is 0 Å². The van der Waals surface area contributed by atoms with Gasteiger partial charge in [-0.3, -0.25) is 5.32 Å². The lowest BCUT2D eigenvalue weighted by molar-refractivity contribution is 0.185. The molecule has 0 aliphatic heterocycles. The van der Waals surface area contributed by atoms with E-state index in [1.807, 2.05) is 30.3 Å². The van der Waals surface area contributed by atoms with E-state index in [2.05, 4.69) is 14.7 Å². The first kappa shape index (κ1) is 17.3. The predicted molar refractivity (Wildman–Crippen MR) is 88.4 cm³/mol. The van der Waals surface area contributed by atoms with E-state index in [4.69, 9.17) is 9.84 Å². The summed E-state index contributed by atoms with van der Waals surface area (Å²) in [6.45, 7) is 1.10. The fourth-order valence-electron chi connectivity index (χ4n) is 1.95. The van der Waals surface area contributed by atoms with Gasteiger partial charge in [0.1, 0.15) is 5.82 Å². The number of hydrogen-bond donors (Lipinski definition) is 2. The third kappa shape index (κ3) is 5.59. The van der Waals surface area contributed by atoms with Gasteiger partial charge in [0.2, 0.25) is 5.13 Å². The zero-order chi connectivity index (χ0) is 16.5. The van der Waals surface area contributed by atoms with Crippen LogP contribution in [0.15, 0.2) is 30.3 Å². The van der Waals surface area contributed by atoms with Crippen molar-refractivity contribution in [2.45, 2.75) is 13.0 Å². The molecular formula is C15H20N4O3S. The van der Waals surface area contributed by atoms with Crippen LogP contribution in [0, 0.1) is 0 Å². The van der Waals surface area contributed by atoms with Crippen LogP contribution < -0.4 is 5.32 Å². The largest absolute Gasteiger partial charge is 0.395 e. The van der Waals surface area contributed by atoms with Crippen molar-refractivity contribution < 1.29 is 14.6 Å². The fraction of sp³-hybridized carbons (Fsp3) is 0.400. The number of methoxy groups -OCH3 is 1. The van der Waals surface area contributed by atoms with Gasteiger partial charge in [-0.1, -0.05) is 30.3 Å². The molecule has 0 radical (unpaired) electrons. The summed E-state index contributed by atoms with van der Waals surface area (Å²) in [6.07, 6.45) is 0.604. The number of nitrogens with zero attached hydrogens (tertiary/aromatic N) is 3. The zero-order valence-electron chi connectivity index (χ0n) is 12.9. The summed E-state index contributed by atoms with van der Waals surface area (Å²) in [5.74, 6) is 0.643. The molecule has 0 atom stereocenters. The van der Waals surface area contributed by atoms with Crippen molar-refractivity contribution in [2.75, 3.05) is 32.2 Å². The van der Waals surface area contributed by atoms with Crippen LogP contribution >= 0.6 is 11.5 Å². The predicted octanol–water partition coefficient (Wildman–Crippen LogP) is 1.75. The molecule has 23 heavy (non-hydrogen) atoms. The SMILES string of the molecule is COCCc1nsc(NC(=O)N(CCO)Cc2ccccc2)n1. The van der Waals surface area contributed by atoms with Crippen LogP contribution in [0.2, 0.25) is 0 Å². The van der Waals surface area contributed by atoms with Crippen LogP contribution in [0.25, 0.3) is 0 Å². The Balaban J connectivity index is 1.96. The number of aliphatic hydroxyl groups excluding tert-OH is 1. The first-order chi connectivity index (χ1) is 11.2. The fourth-order valence-corrected chi connectivity index (χ4v) is 2.55. The Bertz CT molecular complexity index is 606. The molecule has 7 nitrogen and oxygen atoms in total. The van der Waals surface area contributed by atoms with Crippen molar-refractivity contribution in [3.63, 3.8) is 0 Å². The summed E-state index contributed by atoms with van der Waals surface area (Å²) in [5.41, 5.74) is 0.995. The van der Waals surface area contributed by atoms with Gasteiger partial charge in [-0.05, 0) is 5.56 Å². The van der Waals surface area contributed by atoms with Gasteiger partial charge < -0.3 is 14.7 Å². The van der Waals surface area contributed by atoms with Gasteiger partial charge in [-0.25, -0.2) is 9.78 Å². The lowest BCUT2D eigenvalue weighted by Gasteiger charge is -2.21. The number of hydrogen-bond acceptors (Lipinski definition) is 6. The number of ether oxygens (including phenoxy) is 1. The van der Waals surface area contributed by atoms with E-state index in [0.717, 1.165) is 17.1 Å². The average molecular weight is 336 g/mol. The molecule has 2 N–H and O–H groups in total. The monoisotopic (exact) mass is 336 g/mol. The minimum atomic E-state index is -0.308. The van der Waals surface area contributed by atoms with E-state index in [9.17, 15) is 4.79 Å². The lowest BCUT2D eigenvalue weighted by atomic mass is 10.2. The molecular weight excluding hydrogens is 316 g/mol. The number of carbonyl (C=O) groups excluding carboxylic acids is 1. The third-order valence-electron chi connectivity index (χ3n) is 3.09. The molecule has 124 valence electrons. The summed E-state index contributed by atoms with van der Waals surface area (Å²) in [7, 11) is 1.62. The number of aromatic nitrogens is 2. The van der Waals surface area contributed by atoms with Gasteiger partial charge in [0.15, 0.2) is 0 Å². The Morgan fingerprint density at radius 2 is 2.17 bits per heavy atom. The number of amides is 2. The number of carbonyl (C=O) groups is 1. The van der Waals surface area contributed by atoms with E-state index in [0.29, 0.717) is 30.5 Å². The average Bonchev–Trinajstić information content (AvgIpc) is 3.01. The highest BCUT2D eigenvalue weighted by molar-refractivity contribution is 7.09. The smallest absolute Gasteiger partial charge is 0.324 e. The van der Waals surface area contributed by atoms with Crippen LogP contribution in [0.5, 0.6) is 0 Å². The molecule has 1 aromatic carbocycles. The number of urea groups is 1. The molecule has 1 heterocycles. The van der Waals surface area contributed by atoms with Crippen LogP contribution in [0.3, 0.4) is 0 Å². The van der Waals surface area contributed by atoms with Crippen molar-refractivity contribution >= 4 is 22.7 Å². The van der Waals surface area contributed by atoms with E-state index in [1.165, 1.54) is 4.90 Å². The molecule has 0 saturated heterocycles. The molecule has 2 aromatic rings. The van der Waals surface area contributed by atoms with Gasteiger partial charge in [-0.15, -0.1) is 0 Å². The van der Waals surface area contributed by atoms with Gasteiger partial charge in [0.25, 0.3) is 0 Å². The summed E-state index contributed by atoms with van der Waals surface area (Å²) in [6, 6.07) is 9.31. The quantitative estimate of drug-likeness (QED) is 0.767. The Morgan fingerprint density at radius 1 is 1.39 bits per heavy atom. The number of nitrogens with one attached hydrogen (secondary N) is 1. The molecule has 0 spiro atoms. The van der Waals surface area contributed by atoms with Crippen molar-refractivity contribution in [3.05, 3.63) is 41.7 Å². The zero-order valence-corrected chi connectivity index (χ0v) is 13.8. The van der Waals surface area contributed by atoms with E-state index in [-0.39, 0.29) is 19.2 Å². The molecule has 2 rings (SSSR count). The molecule has 0 saturated carbocycles. The standard InChI is InChI=1S/C15H20N4O3S/c1-22-10-7-13-16-14(23-18-13)17-15(21)19(8-9-20)11-12-5-3-2-4-6-12/h2-6,20H,7-11H2,1H3,(H,16,17,18,21). The van der Waals surface area contributed by atoms with Gasteiger partial charge in [-0.2, -0.15) is 4.37 Å². The summed E-state index contributed by atoms with van der Waals surface area (Å²) < 4.78 is 9.14. The maximum atomic E-state index is 12.3. The maximum absolute atomic E-state index is 12.3. The number of rotatable bonds is 8. The molecule has 0 aliphatic rings.